The number of fused-ring (bicyclic) bond motifs is 1. The molecule has 0 fully saturated rings. The van der Waals surface area contributed by atoms with Crippen LogP contribution < -0.4 is 19.5 Å². The van der Waals surface area contributed by atoms with Gasteiger partial charge >= 0.3 is 6.01 Å². The SMILES string of the molecule is O=C(Nc1cnc(Oc2ccccc2)nc1)c1cccc2c1OCCO2. The Balaban J connectivity index is 1.47. The topological polar surface area (TPSA) is 82.6 Å². The lowest BCUT2D eigenvalue weighted by Crippen LogP contribution is -2.20. The molecule has 130 valence electrons. The molecule has 0 spiro atoms. The summed E-state index contributed by atoms with van der Waals surface area (Å²) >= 11 is 0. The van der Waals surface area contributed by atoms with E-state index in [1.807, 2.05) is 18.2 Å². The average Bonchev–Trinajstić information content (AvgIpc) is 2.70. The Labute approximate surface area is 149 Å². The summed E-state index contributed by atoms with van der Waals surface area (Å²) in [4.78, 5) is 20.7. The second-order valence-corrected chi connectivity index (χ2v) is 5.45. The number of nitrogens with zero attached hydrogens (tertiary/aromatic N) is 2. The third kappa shape index (κ3) is 3.41. The first kappa shape index (κ1) is 15.9. The van der Waals surface area contributed by atoms with Crippen LogP contribution >= 0.6 is 0 Å². The summed E-state index contributed by atoms with van der Waals surface area (Å²) in [5.74, 6) is 1.32. The Morgan fingerprint density at radius 3 is 2.54 bits per heavy atom. The molecule has 1 aromatic heterocycles. The predicted molar refractivity (Wildman–Crippen MR) is 93.9 cm³/mol. The van der Waals surface area contributed by atoms with E-state index in [0.717, 1.165) is 0 Å². The van der Waals surface area contributed by atoms with Gasteiger partial charge in [-0.25, -0.2) is 9.97 Å². The molecule has 4 rings (SSSR count). The van der Waals surface area contributed by atoms with Crippen LogP contribution in [-0.2, 0) is 0 Å². The fraction of sp³-hybridized carbons (Fsp3) is 0.105. The van der Waals surface area contributed by atoms with Crippen molar-refractivity contribution < 1.29 is 19.0 Å². The molecule has 1 N–H and O–H groups in total. The molecule has 26 heavy (non-hydrogen) atoms. The summed E-state index contributed by atoms with van der Waals surface area (Å²) in [6.45, 7) is 0.876. The normalized spacial score (nSPS) is 12.3. The lowest BCUT2D eigenvalue weighted by Gasteiger charge is -2.20. The van der Waals surface area contributed by atoms with Crippen molar-refractivity contribution in [3.05, 3.63) is 66.5 Å². The number of ether oxygens (including phenoxy) is 3. The van der Waals surface area contributed by atoms with Crippen LogP contribution in [0, 0.1) is 0 Å². The molecule has 1 aliphatic heterocycles. The van der Waals surface area contributed by atoms with E-state index in [-0.39, 0.29) is 11.9 Å². The third-order valence-corrected chi connectivity index (χ3v) is 3.65. The number of rotatable bonds is 4. The first-order valence-electron chi connectivity index (χ1n) is 8.04. The molecule has 3 aromatic rings. The molecule has 0 bridgehead atoms. The van der Waals surface area contributed by atoms with Gasteiger partial charge in [-0.3, -0.25) is 4.79 Å². The summed E-state index contributed by atoms with van der Waals surface area (Å²) in [5, 5.41) is 2.74. The summed E-state index contributed by atoms with van der Waals surface area (Å²) in [6, 6.07) is 14.6. The number of amides is 1. The van der Waals surface area contributed by atoms with Crippen molar-refractivity contribution in [1.82, 2.24) is 9.97 Å². The number of carbonyl (C=O) groups excluding carboxylic acids is 1. The van der Waals surface area contributed by atoms with Crippen LogP contribution in [0.4, 0.5) is 5.69 Å². The largest absolute Gasteiger partial charge is 0.486 e. The number of anilines is 1. The van der Waals surface area contributed by atoms with Crippen molar-refractivity contribution >= 4 is 11.6 Å². The van der Waals surface area contributed by atoms with Crippen LogP contribution in [-0.4, -0.2) is 29.1 Å². The standard InChI is InChI=1S/C19H15N3O4/c23-18(15-7-4-8-16-17(15)25-10-9-24-16)22-13-11-20-19(21-12-13)26-14-5-2-1-3-6-14/h1-8,11-12H,9-10H2,(H,22,23). The van der Waals surface area contributed by atoms with Crippen molar-refractivity contribution in [3.8, 4) is 23.3 Å². The molecule has 0 unspecified atom stereocenters. The van der Waals surface area contributed by atoms with Gasteiger partial charge in [-0.05, 0) is 24.3 Å². The molecule has 0 saturated heterocycles. The Morgan fingerprint density at radius 1 is 0.962 bits per heavy atom. The van der Waals surface area contributed by atoms with Gasteiger partial charge in [0.1, 0.15) is 19.0 Å². The Hall–Kier alpha value is -3.61. The minimum Gasteiger partial charge on any atom is -0.486 e. The summed E-state index contributed by atoms with van der Waals surface area (Å²) in [6.07, 6.45) is 2.96. The molecular formula is C19H15N3O4. The minimum absolute atomic E-state index is 0.197. The molecule has 1 amide bonds. The lowest BCUT2D eigenvalue weighted by molar-refractivity contribution is 0.101. The van der Waals surface area contributed by atoms with E-state index in [2.05, 4.69) is 15.3 Å². The zero-order valence-electron chi connectivity index (χ0n) is 13.7. The monoisotopic (exact) mass is 349 g/mol. The van der Waals surface area contributed by atoms with E-state index >= 15 is 0 Å². The van der Waals surface area contributed by atoms with Crippen LogP contribution in [0.5, 0.6) is 23.3 Å². The number of para-hydroxylation sites is 2. The molecule has 7 nitrogen and oxygen atoms in total. The van der Waals surface area contributed by atoms with Gasteiger partial charge in [-0.15, -0.1) is 0 Å². The van der Waals surface area contributed by atoms with E-state index in [1.54, 1.807) is 30.3 Å². The molecule has 7 heteroatoms. The summed E-state index contributed by atoms with van der Waals surface area (Å²) in [7, 11) is 0. The van der Waals surface area contributed by atoms with Crippen LogP contribution in [0.1, 0.15) is 10.4 Å². The molecule has 2 heterocycles. The first-order chi connectivity index (χ1) is 12.8. The number of hydrogen-bond acceptors (Lipinski definition) is 6. The van der Waals surface area contributed by atoms with E-state index < -0.39 is 0 Å². The fourth-order valence-electron chi connectivity index (χ4n) is 2.48. The van der Waals surface area contributed by atoms with Crippen molar-refractivity contribution in [1.29, 1.82) is 0 Å². The van der Waals surface area contributed by atoms with Crippen molar-refractivity contribution in [2.75, 3.05) is 18.5 Å². The first-order valence-corrected chi connectivity index (χ1v) is 8.04. The Kier molecular flexibility index (Phi) is 4.34. The second kappa shape index (κ2) is 7.10. The molecular weight excluding hydrogens is 334 g/mol. The third-order valence-electron chi connectivity index (χ3n) is 3.65. The van der Waals surface area contributed by atoms with Crippen LogP contribution in [0.3, 0.4) is 0 Å². The van der Waals surface area contributed by atoms with Crippen molar-refractivity contribution in [2.24, 2.45) is 0 Å². The van der Waals surface area contributed by atoms with Gasteiger partial charge in [0.2, 0.25) is 0 Å². The van der Waals surface area contributed by atoms with Gasteiger partial charge in [-0.1, -0.05) is 24.3 Å². The number of nitrogens with one attached hydrogen (secondary N) is 1. The maximum absolute atomic E-state index is 12.5. The molecule has 1 aliphatic rings. The smallest absolute Gasteiger partial charge is 0.322 e. The van der Waals surface area contributed by atoms with Gasteiger partial charge in [0.05, 0.1) is 23.6 Å². The Bertz CT molecular complexity index is 914. The maximum atomic E-state index is 12.5. The van der Waals surface area contributed by atoms with Crippen LogP contribution in [0.15, 0.2) is 60.9 Å². The zero-order chi connectivity index (χ0) is 17.8. The molecule has 0 atom stereocenters. The van der Waals surface area contributed by atoms with E-state index in [4.69, 9.17) is 14.2 Å². The summed E-state index contributed by atoms with van der Waals surface area (Å²) in [5.41, 5.74) is 0.844. The number of carbonyl (C=O) groups is 1. The number of benzene rings is 2. The Morgan fingerprint density at radius 2 is 1.73 bits per heavy atom. The summed E-state index contributed by atoms with van der Waals surface area (Å²) < 4.78 is 16.6. The van der Waals surface area contributed by atoms with Gasteiger partial charge in [0, 0.05) is 0 Å². The molecule has 0 radical (unpaired) electrons. The minimum atomic E-state index is -0.326. The van der Waals surface area contributed by atoms with E-state index in [0.29, 0.717) is 41.7 Å². The highest BCUT2D eigenvalue weighted by molar-refractivity contribution is 6.06. The highest BCUT2D eigenvalue weighted by atomic mass is 16.6. The lowest BCUT2D eigenvalue weighted by atomic mass is 10.1. The van der Waals surface area contributed by atoms with E-state index in [1.165, 1.54) is 12.4 Å². The fourth-order valence-corrected chi connectivity index (χ4v) is 2.48. The van der Waals surface area contributed by atoms with Crippen molar-refractivity contribution in [2.45, 2.75) is 0 Å². The predicted octanol–water partition coefficient (Wildman–Crippen LogP) is 3.29. The van der Waals surface area contributed by atoms with Crippen molar-refractivity contribution in [3.63, 3.8) is 0 Å². The zero-order valence-corrected chi connectivity index (χ0v) is 13.7. The van der Waals surface area contributed by atoms with Gasteiger partial charge < -0.3 is 19.5 Å². The average molecular weight is 349 g/mol. The molecule has 0 aliphatic carbocycles. The second-order valence-electron chi connectivity index (χ2n) is 5.45. The highest BCUT2D eigenvalue weighted by Gasteiger charge is 2.20. The maximum Gasteiger partial charge on any atom is 0.322 e. The molecule has 0 saturated carbocycles. The van der Waals surface area contributed by atoms with Crippen LogP contribution in [0.25, 0.3) is 0 Å². The quantitative estimate of drug-likeness (QED) is 0.778. The molecule has 2 aromatic carbocycles. The van der Waals surface area contributed by atoms with Gasteiger partial charge in [-0.2, -0.15) is 0 Å². The van der Waals surface area contributed by atoms with Crippen LogP contribution in [0.2, 0.25) is 0 Å². The van der Waals surface area contributed by atoms with Gasteiger partial charge in [0.15, 0.2) is 11.5 Å². The number of hydrogen-bond donors (Lipinski definition) is 1. The highest BCUT2D eigenvalue weighted by Crippen LogP contribution is 2.33. The van der Waals surface area contributed by atoms with Gasteiger partial charge in [0.25, 0.3) is 5.91 Å². The number of aromatic nitrogens is 2. The van der Waals surface area contributed by atoms with E-state index in [9.17, 15) is 4.79 Å².